The fourth-order valence-corrected chi connectivity index (χ4v) is 4.34. The van der Waals surface area contributed by atoms with Crippen molar-refractivity contribution < 1.29 is 14.3 Å². The Morgan fingerprint density at radius 2 is 1.83 bits per heavy atom. The molecule has 8 nitrogen and oxygen atoms in total. The number of morpholine rings is 1. The van der Waals surface area contributed by atoms with Gasteiger partial charge in [-0.3, -0.25) is 14.4 Å². The number of aromatic nitrogens is 1. The fourth-order valence-electron chi connectivity index (χ4n) is 4.34. The topological polar surface area (TPSA) is 83.9 Å². The van der Waals surface area contributed by atoms with Crippen molar-refractivity contribution in [1.82, 2.24) is 19.7 Å². The maximum absolute atomic E-state index is 12.3. The summed E-state index contributed by atoms with van der Waals surface area (Å²) in [5.74, 6) is 1.27. The van der Waals surface area contributed by atoms with E-state index in [1.54, 1.807) is 18.3 Å². The molecule has 8 heteroatoms. The van der Waals surface area contributed by atoms with E-state index in [1.807, 2.05) is 4.90 Å². The summed E-state index contributed by atoms with van der Waals surface area (Å²) in [7, 11) is 0. The first-order chi connectivity index (χ1) is 14.6. The molecule has 1 N–H and O–H groups in total. The van der Waals surface area contributed by atoms with Crippen LogP contribution in [0.25, 0.3) is 0 Å². The molecule has 2 amide bonds. The summed E-state index contributed by atoms with van der Waals surface area (Å²) in [4.78, 5) is 40.7. The van der Waals surface area contributed by atoms with Gasteiger partial charge in [-0.2, -0.15) is 0 Å². The zero-order chi connectivity index (χ0) is 20.9. The molecule has 0 aromatic carbocycles. The van der Waals surface area contributed by atoms with E-state index in [1.165, 1.54) is 30.0 Å². The minimum absolute atomic E-state index is 0.0194. The van der Waals surface area contributed by atoms with Gasteiger partial charge in [0, 0.05) is 38.4 Å². The van der Waals surface area contributed by atoms with Crippen molar-refractivity contribution in [1.29, 1.82) is 0 Å². The van der Waals surface area contributed by atoms with Gasteiger partial charge in [0.1, 0.15) is 13.2 Å². The Balaban J connectivity index is 1.19. The summed E-state index contributed by atoms with van der Waals surface area (Å²) in [6.45, 7) is 5.20. The van der Waals surface area contributed by atoms with Crippen LogP contribution in [0.1, 0.15) is 25.7 Å². The second-order valence-corrected chi connectivity index (χ2v) is 8.89. The molecule has 0 unspecified atom stereocenters. The third-order valence-electron chi connectivity index (χ3n) is 6.36. The Morgan fingerprint density at radius 3 is 2.57 bits per heavy atom. The predicted octanol–water partition coefficient (Wildman–Crippen LogP) is 0.314. The summed E-state index contributed by atoms with van der Waals surface area (Å²) in [5.41, 5.74) is -0.207. The number of nitrogens with one attached hydrogen (secondary N) is 1. The molecule has 3 heterocycles. The van der Waals surface area contributed by atoms with Gasteiger partial charge in [-0.15, -0.1) is 0 Å². The molecule has 1 aliphatic carbocycles. The van der Waals surface area contributed by atoms with E-state index in [2.05, 4.69) is 10.2 Å². The second-order valence-electron chi connectivity index (χ2n) is 8.89. The van der Waals surface area contributed by atoms with E-state index in [9.17, 15) is 14.4 Å². The SMILES string of the molecule is O=C(Cn1ccccc1=O)NC[C@H]1CN(CC2CCN(CC3CC3)CC2)C(=O)CO1. The lowest BCUT2D eigenvalue weighted by Crippen LogP contribution is -2.52. The van der Waals surface area contributed by atoms with Gasteiger partial charge >= 0.3 is 0 Å². The molecule has 2 aliphatic heterocycles. The number of hydrogen-bond acceptors (Lipinski definition) is 5. The molecular formula is C22H32N4O4. The van der Waals surface area contributed by atoms with Gasteiger partial charge in [0.15, 0.2) is 0 Å². The molecule has 3 fully saturated rings. The standard InChI is InChI=1S/C22H32N4O4/c27-20(15-25-8-2-1-3-21(25)28)23-11-19-14-26(22(29)16-30-19)13-18-6-9-24(10-7-18)12-17-4-5-17/h1-3,8,17-19H,4-7,9-16H2,(H,23,27)/t19-/m0/s1. The number of likely N-dealkylation sites (tertiary alicyclic amines) is 1. The zero-order valence-electron chi connectivity index (χ0n) is 17.5. The van der Waals surface area contributed by atoms with Gasteiger partial charge in [-0.1, -0.05) is 6.07 Å². The van der Waals surface area contributed by atoms with Crippen LogP contribution in [0.3, 0.4) is 0 Å². The molecular weight excluding hydrogens is 384 g/mol. The number of hydrogen-bond donors (Lipinski definition) is 1. The molecule has 1 aromatic heterocycles. The first-order valence-electron chi connectivity index (χ1n) is 11.1. The second kappa shape index (κ2) is 9.75. The maximum Gasteiger partial charge on any atom is 0.250 e. The number of carbonyl (C=O) groups is 2. The molecule has 4 rings (SSSR count). The van der Waals surface area contributed by atoms with Crippen molar-refractivity contribution in [2.24, 2.45) is 11.8 Å². The van der Waals surface area contributed by atoms with E-state index in [0.717, 1.165) is 38.4 Å². The van der Waals surface area contributed by atoms with Crippen molar-refractivity contribution in [3.63, 3.8) is 0 Å². The molecule has 3 aliphatic rings. The van der Waals surface area contributed by atoms with E-state index in [-0.39, 0.29) is 36.6 Å². The minimum Gasteiger partial charge on any atom is -0.365 e. The van der Waals surface area contributed by atoms with Crippen LogP contribution in [0, 0.1) is 11.8 Å². The minimum atomic E-state index is -0.238. The van der Waals surface area contributed by atoms with Crippen LogP contribution in [0.4, 0.5) is 0 Å². The third-order valence-corrected chi connectivity index (χ3v) is 6.36. The lowest BCUT2D eigenvalue weighted by molar-refractivity contribution is -0.150. The van der Waals surface area contributed by atoms with E-state index in [4.69, 9.17) is 4.74 Å². The van der Waals surface area contributed by atoms with Gasteiger partial charge in [-0.25, -0.2) is 0 Å². The van der Waals surface area contributed by atoms with Crippen LogP contribution in [0.2, 0.25) is 0 Å². The van der Waals surface area contributed by atoms with Crippen LogP contribution in [-0.4, -0.2) is 78.2 Å². The summed E-state index contributed by atoms with van der Waals surface area (Å²) in [5, 5.41) is 2.83. The van der Waals surface area contributed by atoms with Crippen LogP contribution < -0.4 is 10.9 Å². The summed E-state index contributed by atoms with van der Waals surface area (Å²) in [6.07, 6.45) is 6.45. The number of amides is 2. The van der Waals surface area contributed by atoms with E-state index < -0.39 is 0 Å². The van der Waals surface area contributed by atoms with Gasteiger partial charge in [0.25, 0.3) is 5.56 Å². The van der Waals surface area contributed by atoms with Crippen LogP contribution >= 0.6 is 0 Å². The zero-order valence-corrected chi connectivity index (χ0v) is 17.5. The number of piperidine rings is 1. The Bertz CT molecular complexity index is 798. The number of carbonyl (C=O) groups excluding carboxylic acids is 2. The normalized spacial score (nSPS) is 23.5. The highest BCUT2D eigenvalue weighted by Gasteiger charge is 2.31. The van der Waals surface area contributed by atoms with Crippen molar-refractivity contribution >= 4 is 11.8 Å². The quantitative estimate of drug-likeness (QED) is 0.660. The third kappa shape index (κ3) is 5.92. The van der Waals surface area contributed by atoms with Crippen LogP contribution in [0.5, 0.6) is 0 Å². The average molecular weight is 417 g/mol. The van der Waals surface area contributed by atoms with Gasteiger partial charge in [-0.05, 0) is 56.7 Å². The predicted molar refractivity (Wildman–Crippen MR) is 112 cm³/mol. The molecule has 1 aromatic rings. The average Bonchev–Trinajstić information content (AvgIpc) is 3.56. The summed E-state index contributed by atoms with van der Waals surface area (Å²) in [6, 6.07) is 4.80. The molecule has 30 heavy (non-hydrogen) atoms. The smallest absolute Gasteiger partial charge is 0.250 e. The molecule has 0 spiro atoms. The first kappa shape index (κ1) is 21.1. The van der Waals surface area contributed by atoms with E-state index >= 15 is 0 Å². The molecule has 1 saturated carbocycles. The van der Waals surface area contributed by atoms with Crippen molar-refractivity contribution in [3.05, 3.63) is 34.7 Å². The van der Waals surface area contributed by atoms with Crippen LogP contribution in [0.15, 0.2) is 29.2 Å². The fraction of sp³-hybridized carbons (Fsp3) is 0.682. The van der Waals surface area contributed by atoms with Gasteiger partial charge in [0.05, 0.1) is 6.10 Å². The molecule has 2 saturated heterocycles. The highest BCUT2D eigenvalue weighted by Crippen LogP contribution is 2.31. The monoisotopic (exact) mass is 416 g/mol. The first-order valence-corrected chi connectivity index (χ1v) is 11.1. The lowest BCUT2D eigenvalue weighted by Gasteiger charge is -2.38. The van der Waals surface area contributed by atoms with E-state index in [0.29, 0.717) is 19.0 Å². The van der Waals surface area contributed by atoms with Gasteiger partial charge in [0.2, 0.25) is 11.8 Å². The molecule has 0 radical (unpaired) electrons. The molecule has 164 valence electrons. The number of rotatable bonds is 8. The Kier molecular flexibility index (Phi) is 6.84. The van der Waals surface area contributed by atoms with Crippen LogP contribution in [-0.2, 0) is 20.9 Å². The summed E-state index contributed by atoms with van der Waals surface area (Å²) < 4.78 is 6.98. The summed E-state index contributed by atoms with van der Waals surface area (Å²) >= 11 is 0. The van der Waals surface area contributed by atoms with Crippen molar-refractivity contribution in [2.75, 3.05) is 45.9 Å². The molecule has 0 bridgehead atoms. The van der Waals surface area contributed by atoms with Gasteiger partial charge < -0.3 is 24.4 Å². The van der Waals surface area contributed by atoms with Crippen molar-refractivity contribution in [2.45, 2.75) is 38.3 Å². The highest BCUT2D eigenvalue weighted by molar-refractivity contribution is 5.78. The largest absolute Gasteiger partial charge is 0.365 e. The molecule has 1 atom stereocenters. The Hall–Kier alpha value is -2.19. The Morgan fingerprint density at radius 1 is 1.07 bits per heavy atom. The number of pyridine rings is 1. The maximum atomic E-state index is 12.3. The Labute approximate surface area is 177 Å². The number of ether oxygens (including phenoxy) is 1. The number of nitrogens with zero attached hydrogens (tertiary/aromatic N) is 3. The highest BCUT2D eigenvalue weighted by atomic mass is 16.5. The van der Waals surface area contributed by atoms with Crippen molar-refractivity contribution in [3.8, 4) is 0 Å². The lowest BCUT2D eigenvalue weighted by atomic mass is 9.95.